The smallest absolute Gasteiger partial charge is 0.308 e. The van der Waals surface area contributed by atoms with E-state index in [1.165, 1.54) is 0 Å². The van der Waals surface area contributed by atoms with Crippen LogP contribution in [0.1, 0.15) is 37.4 Å². The molecule has 1 aliphatic rings. The van der Waals surface area contributed by atoms with Gasteiger partial charge in [-0.1, -0.05) is 29.3 Å². The lowest BCUT2D eigenvalue weighted by atomic mass is 9.81. The molecule has 2 aromatic carbocycles. The molecule has 0 aliphatic carbocycles. The average Bonchev–Trinajstić information content (AvgIpc) is 2.90. The van der Waals surface area contributed by atoms with E-state index in [4.69, 9.17) is 27.9 Å². The molecular weight excluding hydrogens is 531 g/mol. The molecule has 0 unspecified atom stereocenters. The molecule has 2 N–H and O–H groups in total. The second-order valence-corrected chi connectivity index (χ2v) is 11.3. The molecule has 0 spiro atoms. The first-order valence-corrected chi connectivity index (χ1v) is 14.2. The van der Waals surface area contributed by atoms with Crippen molar-refractivity contribution in [2.75, 3.05) is 32.5 Å². The van der Waals surface area contributed by atoms with E-state index < -0.39 is 18.0 Å². The maximum Gasteiger partial charge on any atom is 0.308 e. The van der Waals surface area contributed by atoms with Crippen molar-refractivity contribution in [3.63, 3.8) is 0 Å². The average molecular weight is 564 g/mol. The minimum absolute atomic E-state index is 0.0299. The van der Waals surface area contributed by atoms with Crippen LogP contribution in [0.15, 0.2) is 53.6 Å². The monoisotopic (exact) mass is 562 g/mol. The van der Waals surface area contributed by atoms with Crippen LogP contribution in [0.25, 0.3) is 10.9 Å². The number of pyridine rings is 1. The number of aliphatic hydroxyl groups is 1. The third-order valence-electron chi connectivity index (χ3n) is 7.09. The van der Waals surface area contributed by atoms with Gasteiger partial charge >= 0.3 is 5.97 Å². The number of ether oxygens (including phenoxy) is 1. The third-order valence-corrected chi connectivity index (χ3v) is 9.17. The third kappa shape index (κ3) is 7.09. The summed E-state index contributed by atoms with van der Waals surface area (Å²) >= 11 is 14.1. The Kier molecular flexibility index (Phi) is 9.96. The number of aliphatic carboxylic acids is 1. The number of aliphatic hydroxyl groups excluding tert-OH is 1. The summed E-state index contributed by atoms with van der Waals surface area (Å²) < 4.78 is 5.34. The molecule has 0 saturated carbocycles. The summed E-state index contributed by atoms with van der Waals surface area (Å²) in [6.45, 7) is 2.22. The molecule has 6 nitrogen and oxygen atoms in total. The van der Waals surface area contributed by atoms with Gasteiger partial charge < -0.3 is 19.8 Å². The van der Waals surface area contributed by atoms with Crippen molar-refractivity contribution < 1.29 is 19.7 Å². The van der Waals surface area contributed by atoms with Gasteiger partial charge in [-0.3, -0.25) is 9.78 Å². The summed E-state index contributed by atoms with van der Waals surface area (Å²) in [6, 6.07) is 12.9. The van der Waals surface area contributed by atoms with Crippen molar-refractivity contribution in [2.24, 2.45) is 11.8 Å². The summed E-state index contributed by atoms with van der Waals surface area (Å²) in [7, 11) is 1.61. The first kappa shape index (κ1) is 28.0. The van der Waals surface area contributed by atoms with Crippen LogP contribution in [0.3, 0.4) is 0 Å². The number of fused-ring (bicyclic) bond motifs is 1. The highest BCUT2D eigenvalue weighted by Crippen LogP contribution is 2.35. The van der Waals surface area contributed by atoms with Crippen LogP contribution in [-0.2, 0) is 4.79 Å². The van der Waals surface area contributed by atoms with Crippen LogP contribution < -0.4 is 4.74 Å². The van der Waals surface area contributed by atoms with Crippen LogP contribution in [0.4, 0.5) is 0 Å². The van der Waals surface area contributed by atoms with Gasteiger partial charge in [-0.05, 0) is 92.4 Å². The number of rotatable bonds is 11. The van der Waals surface area contributed by atoms with E-state index >= 15 is 0 Å². The van der Waals surface area contributed by atoms with E-state index in [1.807, 2.05) is 42.5 Å². The Morgan fingerprint density at radius 2 is 2.03 bits per heavy atom. The van der Waals surface area contributed by atoms with Gasteiger partial charge in [-0.25, -0.2) is 0 Å². The normalized spacial score (nSPS) is 19.1. The fourth-order valence-electron chi connectivity index (χ4n) is 5.07. The van der Waals surface area contributed by atoms with Crippen LogP contribution in [0.2, 0.25) is 10.0 Å². The largest absolute Gasteiger partial charge is 0.497 e. The molecule has 1 saturated heterocycles. The standard InChI is InChI=1S/C28H32Cl2N2O4S/c1-36-19-7-8-25-21(16-19)20(10-12-31-25)26(33)9-6-18-11-14-32(17-22(18)28(34)35)13-3-15-37-27-23(29)4-2-5-24(27)30/h2,4-5,7-8,10,12,16,18,22,26,33H,3,6,9,11,13-15,17H2,1H3,(H,34,35)/t18-,22+,26-/m1/s1. The summed E-state index contributed by atoms with van der Waals surface area (Å²) in [5.41, 5.74) is 1.59. The van der Waals surface area contributed by atoms with E-state index in [1.54, 1.807) is 25.1 Å². The van der Waals surface area contributed by atoms with E-state index in [0.717, 1.165) is 53.0 Å². The van der Waals surface area contributed by atoms with Gasteiger partial charge in [0.25, 0.3) is 0 Å². The number of thioether (sulfide) groups is 1. The zero-order chi connectivity index (χ0) is 26.4. The highest BCUT2D eigenvalue weighted by molar-refractivity contribution is 7.99. The van der Waals surface area contributed by atoms with Crippen LogP contribution in [0.5, 0.6) is 5.75 Å². The van der Waals surface area contributed by atoms with Crippen molar-refractivity contribution in [2.45, 2.75) is 36.7 Å². The Morgan fingerprint density at radius 1 is 1.24 bits per heavy atom. The number of nitrogens with zero attached hydrogens (tertiary/aromatic N) is 2. The zero-order valence-electron chi connectivity index (χ0n) is 20.8. The molecule has 9 heteroatoms. The number of hydrogen-bond acceptors (Lipinski definition) is 6. The lowest BCUT2D eigenvalue weighted by molar-refractivity contribution is -0.146. The number of carboxylic acids is 1. The minimum Gasteiger partial charge on any atom is -0.497 e. The number of methoxy groups -OCH3 is 1. The molecule has 1 aromatic heterocycles. The molecule has 3 aromatic rings. The number of carbonyl (C=O) groups is 1. The number of hydrogen-bond donors (Lipinski definition) is 2. The van der Waals surface area contributed by atoms with E-state index in [2.05, 4.69) is 9.88 Å². The van der Waals surface area contributed by atoms with Crippen molar-refractivity contribution in [3.8, 4) is 5.75 Å². The van der Waals surface area contributed by atoms with Gasteiger partial charge in [-0.15, -0.1) is 11.8 Å². The van der Waals surface area contributed by atoms with Gasteiger partial charge in [0.1, 0.15) is 5.75 Å². The van der Waals surface area contributed by atoms with Crippen LogP contribution in [0, 0.1) is 11.8 Å². The van der Waals surface area contributed by atoms with Gasteiger partial charge in [0, 0.05) is 23.0 Å². The van der Waals surface area contributed by atoms with E-state index in [9.17, 15) is 15.0 Å². The Bertz CT molecular complexity index is 1210. The van der Waals surface area contributed by atoms with Crippen molar-refractivity contribution >= 4 is 51.8 Å². The number of likely N-dealkylation sites (tertiary alicyclic amines) is 1. The molecule has 1 fully saturated rings. The molecule has 198 valence electrons. The van der Waals surface area contributed by atoms with Gasteiger partial charge in [-0.2, -0.15) is 0 Å². The predicted molar refractivity (Wildman–Crippen MR) is 150 cm³/mol. The molecule has 2 heterocycles. The SMILES string of the molecule is COc1ccc2nccc([C@H](O)CC[C@@H]3CCN(CCCSc4c(Cl)cccc4Cl)C[C@@H]3C(=O)O)c2c1. The summed E-state index contributed by atoms with van der Waals surface area (Å²) in [5, 5.41) is 23.1. The lowest BCUT2D eigenvalue weighted by Crippen LogP contribution is -2.44. The van der Waals surface area contributed by atoms with E-state index in [0.29, 0.717) is 35.2 Å². The molecule has 4 rings (SSSR count). The Morgan fingerprint density at radius 3 is 2.76 bits per heavy atom. The number of piperidine rings is 1. The first-order valence-electron chi connectivity index (χ1n) is 12.5. The van der Waals surface area contributed by atoms with Crippen LogP contribution in [-0.4, -0.2) is 58.6 Å². The molecule has 0 amide bonds. The maximum atomic E-state index is 12.1. The second-order valence-electron chi connectivity index (χ2n) is 9.42. The Hall–Kier alpha value is -2.03. The van der Waals surface area contributed by atoms with Crippen molar-refractivity contribution in [1.82, 2.24) is 9.88 Å². The lowest BCUT2D eigenvalue weighted by Gasteiger charge is -2.37. The van der Waals surface area contributed by atoms with Crippen molar-refractivity contribution in [1.29, 1.82) is 0 Å². The zero-order valence-corrected chi connectivity index (χ0v) is 23.1. The molecule has 37 heavy (non-hydrogen) atoms. The number of benzene rings is 2. The number of halogens is 2. The van der Waals surface area contributed by atoms with Gasteiger partial charge in [0.15, 0.2) is 0 Å². The van der Waals surface area contributed by atoms with Crippen LogP contribution >= 0.6 is 35.0 Å². The Labute approximate surface area is 231 Å². The molecular formula is C28H32Cl2N2O4S. The molecule has 1 aliphatic heterocycles. The number of carboxylic acid groups (broad SMARTS) is 1. The number of aromatic nitrogens is 1. The summed E-state index contributed by atoms with van der Waals surface area (Å²) in [5.74, 6) is 0.391. The quantitative estimate of drug-likeness (QED) is 0.202. The van der Waals surface area contributed by atoms with Gasteiger partial charge in [0.2, 0.25) is 0 Å². The highest BCUT2D eigenvalue weighted by atomic mass is 35.5. The van der Waals surface area contributed by atoms with E-state index in [-0.39, 0.29) is 5.92 Å². The van der Waals surface area contributed by atoms with Crippen molar-refractivity contribution in [3.05, 3.63) is 64.3 Å². The predicted octanol–water partition coefficient (Wildman–Crippen LogP) is 6.57. The highest BCUT2D eigenvalue weighted by Gasteiger charge is 2.34. The maximum absolute atomic E-state index is 12.1. The fraction of sp³-hybridized carbons (Fsp3) is 0.429. The topological polar surface area (TPSA) is 82.9 Å². The molecule has 0 bridgehead atoms. The van der Waals surface area contributed by atoms with Gasteiger partial charge in [0.05, 0.1) is 34.7 Å². The fourth-order valence-corrected chi connectivity index (χ4v) is 6.69. The minimum atomic E-state index is -0.763. The molecule has 0 radical (unpaired) electrons. The summed E-state index contributed by atoms with van der Waals surface area (Å²) in [4.78, 5) is 19.6. The first-order chi connectivity index (χ1) is 17.9. The Balaban J connectivity index is 1.30. The molecule has 3 atom stereocenters. The summed E-state index contributed by atoms with van der Waals surface area (Å²) in [6.07, 6.45) is 3.88. The second kappa shape index (κ2) is 13.2.